The van der Waals surface area contributed by atoms with Crippen molar-refractivity contribution in [2.45, 2.75) is 12.2 Å². The van der Waals surface area contributed by atoms with Crippen molar-refractivity contribution < 1.29 is 4.48 Å². The third-order valence-corrected chi connectivity index (χ3v) is 4.18. The van der Waals surface area contributed by atoms with Gasteiger partial charge in [0.2, 0.25) is 0 Å². The number of rotatable bonds is 12. The van der Waals surface area contributed by atoms with E-state index < -0.39 is 0 Å². The molecule has 0 aliphatic heterocycles. The quantitative estimate of drug-likeness (QED) is 0.203. The summed E-state index contributed by atoms with van der Waals surface area (Å²) in [6.07, 6.45) is 1.16. The molecule has 0 radical (unpaired) electrons. The Balaban J connectivity index is 0. The fraction of sp³-hybridized carbons (Fsp3) is 0.857. The Labute approximate surface area is 152 Å². The van der Waals surface area contributed by atoms with Gasteiger partial charge >= 0.3 is 0 Å². The summed E-state index contributed by atoms with van der Waals surface area (Å²) in [6, 6.07) is 2.26. The highest BCUT2D eigenvalue weighted by Gasteiger charge is 2.04. The Kier molecular flexibility index (Phi) is 20.2. The van der Waals surface area contributed by atoms with Crippen LogP contribution in [0.15, 0.2) is 0 Å². The van der Waals surface area contributed by atoms with Crippen LogP contribution < -0.4 is 0 Å². The van der Waals surface area contributed by atoms with E-state index in [4.69, 9.17) is 5.26 Å². The zero-order valence-electron chi connectivity index (χ0n) is 16.2. The Morgan fingerprint density at radius 1 is 0.864 bits per heavy atom. The summed E-state index contributed by atoms with van der Waals surface area (Å²) in [5.41, 5.74) is 0. The summed E-state index contributed by atoms with van der Waals surface area (Å²) in [5, 5.41) is 8.80. The fourth-order valence-corrected chi connectivity index (χ4v) is 2.69. The Morgan fingerprint density at radius 2 is 1.23 bits per heavy atom. The van der Waals surface area contributed by atoms with Crippen LogP contribution in [0.2, 0.25) is 0 Å². The Morgan fingerprint density at radius 3 is 1.59 bits per heavy atom. The molecule has 0 fully saturated rings. The van der Waals surface area contributed by atoms with E-state index >= 15 is 0 Å². The maximum absolute atomic E-state index is 8.63. The maximum Gasteiger partial charge on any atom is 0.148 e. The van der Waals surface area contributed by atoms with E-state index in [-0.39, 0.29) is 5.25 Å². The van der Waals surface area contributed by atoms with Gasteiger partial charge in [-0.05, 0) is 6.92 Å². The summed E-state index contributed by atoms with van der Waals surface area (Å²) in [6.45, 7) is 1.99. The summed E-state index contributed by atoms with van der Waals surface area (Å²) in [4.78, 5) is 0. The first-order valence-corrected chi connectivity index (χ1v) is 10.2. The van der Waals surface area contributed by atoms with Gasteiger partial charge in [0.15, 0.2) is 0 Å². The minimum Gasteiger partial charge on any atom is -0.333 e. The van der Waals surface area contributed by atoms with Crippen LogP contribution in [-0.4, -0.2) is 123 Å². The van der Waals surface area contributed by atoms with Crippen LogP contribution in [0, 0.1) is 11.3 Å². The molecule has 0 aliphatic rings. The van der Waals surface area contributed by atoms with E-state index in [1.54, 1.807) is 11.6 Å². The molecule has 0 N–H and O–H groups in total. The van der Waals surface area contributed by atoms with Crippen LogP contribution in [0.1, 0.15) is 6.92 Å². The van der Waals surface area contributed by atoms with Crippen molar-refractivity contribution in [1.82, 2.24) is 0 Å². The lowest BCUT2D eigenvalue weighted by Gasteiger charge is -2.14. The van der Waals surface area contributed by atoms with Crippen molar-refractivity contribution in [2.24, 2.45) is 0 Å². The van der Waals surface area contributed by atoms with E-state index in [1.807, 2.05) is 6.92 Å². The highest BCUT2D eigenvalue weighted by atomic mass is 32.2. The average Bonchev–Trinajstić information content (AvgIpc) is 2.42. The van der Waals surface area contributed by atoms with Gasteiger partial charge < -0.3 is 4.48 Å². The fourth-order valence-electron chi connectivity index (χ4n) is 1.89. The first kappa shape index (κ1) is 24.8. The highest BCUT2D eigenvalue weighted by molar-refractivity contribution is 8.28. The van der Waals surface area contributed by atoms with E-state index in [0.29, 0.717) is 0 Å². The molecular weight excluding hydrogens is 274 g/mol. The van der Waals surface area contributed by atoms with Gasteiger partial charge in [0.05, 0.1) is 54.3 Å². The van der Waals surface area contributed by atoms with Crippen LogP contribution in [0.25, 0.3) is 0 Å². The minimum atomic E-state index is 0.175. The van der Waals surface area contributed by atoms with Gasteiger partial charge in [-0.3, -0.25) is 0 Å². The van der Waals surface area contributed by atoms with Gasteiger partial charge in [0.1, 0.15) is 6.45 Å². The van der Waals surface area contributed by atoms with Gasteiger partial charge in [-0.1, -0.05) is 0 Å². The standard InChI is InChI=1S/C4H12N.C3H17B12NS/c1-5(2,3)4;1-3(2-16)17-15-14-13-12-11-10-9-8-7-6-5-4/h1-4H3;3,5-15H,4H2,1H3/q+1;. The van der Waals surface area contributed by atoms with Crippen LogP contribution in [0.5, 0.6) is 0 Å². The molecule has 0 bridgehead atoms. The number of nitriles is 1. The molecule has 0 aromatic rings. The van der Waals surface area contributed by atoms with E-state index in [1.165, 1.54) is 70.6 Å². The molecule has 1 unspecified atom stereocenters. The molecule has 0 saturated heterocycles. The molecule has 22 heavy (non-hydrogen) atoms. The molecule has 0 amide bonds. The predicted molar refractivity (Wildman–Crippen MR) is 134 cm³/mol. The molecule has 0 aliphatic carbocycles. The number of hydrogen-bond acceptors (Lipinski definition) is 2. The number of quaternary nitrogens is 1. The molecule has 0 rings (SSSR count). The molecule has 0 saturated carbocycles. The second-order valence-electron chi connectivity index (χ2n) is 7.51. The first-order valence-electron chi connectivity index (χ1n) is 9.11. The average molecular weight is 303 g/mol. The minimum absolute atomic E-state index is 0.175. The summed E-state index contributed by atoms with van der Waals surface area (Å²) in [7, 11) is 24.7. The molecule has 0 aromatic carbocycles. The predicted octanol–water partition coefficient (Wildman–Crippen LogP) is -6.63. The maximum atomic E-state index is 8.63. The lowest BCUT2D eigenvalue weighted by Crippen LogP contribution is -2.33. The monoisotopic (exact) mass is 305 g/mol. The Bertz CT molecular complexity index is 265. The van der Waals surface area contributed by atoms with Gasteiger partial charge in [-0.15, -0.1) is 0 Å². The Hall–Kier alpha value is 0.579. The van der Waals surface area contributed by atoms with Crippen molar-refractivity contribution in [3.05, 3.63) is 0 Å². The van der Waals surface area contributed by atoms with Gasteiger partial charge in [-0.25, -0.2) is 11.6 Å². The molecule has 0 aromatic heterocycles. The van der Waals surface area contributed by atoms with Gasteiger partial charge in [0, 0.05) is 63.5 Å². The third kappa shape index (κ3) is 32.5. The lowest BCUT2D eigenvalue weighted by molar-refractivity contribution is -0.849. The van der Waals surface area contributed by atoms with Crippen LogP contribution in [0.4, 0.5) is 0 Å². The molecule has 0 spiro atoms. The topological polar surface area (TPSA) is 23.8 Å². The first-order chi connectivity index (χ1) is 10.3. The van der Waals surface area contributed by atoms with Crippen molar-refractivity contribution >= 4 is 96.4 Å². The van der Waals surface area contributed by atoms with Crippen molar-refractivity contribution in [1.29, 1.82) is 5.26 Å². The second-order valence-corrected chi connectivity index (χ2v) is 8.96. The van der Waals surface area contributed by atoms with Crippen molar-refractivity contribution in [3.8, 4) is 6.07 Å². The highest BCUT2D eigenvalue weighted by Crippen LogP contribution is 2.04. The number of nitrogens with zero attached hydrogens (tertiary/aromatic N) is 2. The summed E-state index contributed by atoms with van der Waals surface area (Å²) >= 11 is 1.79. The zero-order chi connectivity index (χ0) is 17.3. The number of hydrogen-bond donors (Lipinski definition) is 0. The van der Waals surface area contributed by atoms with Crippen LogP contribution in [-0.2, 0) is 0 Å². The molecule has 15 heteroatoms. The normalized spacial score (nSPS) is 10.2. The summed E-state index contributed by atoms with van der Waals surface area (Å²) < 4.78 is 1.00. The van der Waals surface area contributed by atoms with Crippen molar-refractivity contribution in [3.63, 3.8) is 0 Å². The lowest BCUT2D eigenvalue weighted by atomic mass is 8.87. The largest absolute Gasteiger partial charge is 0.333 e. The van der Waals surface area contributed by atoms with Crippen LogP contribution >= 0.6 is 11.6 Å². The molecule has 1 atom stereocenters. The van der Waals surface area contributed by atoms with E-state index in [0.717, 1.165) is 10.9 Å². The van der Waals surface area contributed by atoms with Crippen LogP contribution in [0.3, 0.4) is 0 Å². The van der Waals surface area contributed by atoms with E-state index in [9.17, 15) is 0 Å². The molecular formula is C7H29B12N2S+. The summed E-state index contributed by atoms with van der Waals surface area (Å²) in [5.74, 6) is 0. The molecule has 108 valence electrons. The van der Waals surface area contributed by atoms with Gasteiger partial charge in [-0.2, -0.15) is 5.26 Å². The smallest absolute Gasteiger partial charge is 0.148 e. The van der Waals surface area contributed by atoms with E-state index in [2.05, 4.69) is 42.0 Å². The van der Waals surface area contributed by atoms with Gasteiger partial charge in [0.25, 0.3) is 0 Å². The third-order valence-electron chi connectivity index (χ3n) is 3.05. The molecule has 0 heterocycles. The van der Waals surface area contributed by atoms with Crippen molar-refractivity contribution in [2.75, 3.05) is 28.2 Å². The zero-order valence-corrected chi connectivity index (χ0v) is 17.0. The SMILES string of the molecule is BBBBBBBBBBBBSC(C)C#N.C[N+](C)(C)C. The molecule has 2 nitrogen and oxygen atoms in total. The second kappa shape index (κ2) is 17.9.